The van der Waals surface area contributed by atoms with Gasteiger partial charge in [0.1, 0.15) is 0 Å². The van der Waals surface area contributed by atoms with Crippen molar-refractivity contribution in [3.63, 3.8) is 0 Å². The summed E-state index contributed by atoms with van der Waals surface area (Å²) in [5.41, 5.74) is 0. The summed E-state index contributed by atoms with van der Waals surface area (Å²) >= 11 is 0. The fourth-order valence-electron chi connectivity index (χ4n) is 6.44. The quantitative estimate of drug-likeness (QED) is 0.419. The number of rotatable bonds is 6. The van der Waals surface area contributed by atoms with E-state index in [2.05, 4.69) is 0 Å². The van der Waals surface area contributed by atoms with Crippen molar-refractivity contribution in [2.45, 2.75) is 89.7 Å². The molecule has 33 heavy (non-hydrogen) atoms. The number of hydrogen-bond donors (Lipinski definition) is 0. The molecule has 5 fully saturated rings. The van der Waals surface area contributed by atoms with Crippen LogP contribution in [0.15, 0.2) is 0 Å². The van der Waals surface area contributed by atoms with Crippen LogP contribution in [0.2, 0.25) is 0 Å². The van der Waals surface area contributed by atoms with Gasteiger partial charge < -0.3 is 28.4 Å². The van der Waals surface area contributed by atoms with Gasteiger partial charge in [-0.1, -0.05) is 0 Å². The summed E-state index contributed by atoms with van der Waals surface area (Å²) in [5, 5.41) is 0. The van der Waals surface area contributed by atoms with Crippen LogP contribution in [-0.2, 0) is 47.6 Å². The van der Waals surface area contributed by atoms with Crippen LogP contribution >= 0.6 is 0 Å². The lowest BCUT2D eigenvalue weighted by atomic mass is 9.55. The summed E-state index contributed by atoms with van der Waals surface area (Å²) in [5.74, 6) is -0.751. The van der Waals surface area contributed by atoms with E-state index >= 15 is 0 Å². The third-order valence-electron chi connectivity index (χ3n) is 7.27. The zero-order valence-electron chi connectivity index (χ0n) is 19.4. The second-order valence-corrected chi connectivity index (χ2v) is 9.70. The SMILES string of the molecule is COC(=O)[C@H]1O[C@@H](OC2C3CC4CC(C3)CC2C4)[C@H](OC(C)=O)[C@@H](OC(C)=O)[C@@H]1OC(C)=O. The zero-order chi connectivity index (χ0) is 23.9. The molecule has 0 aromatic heterocycles. The van der Waals surface area contributed by atoms with Crippen molar-refractivity contribution in [1.29, 1.82) is 0 Å². The minimum absolute atomic E-state index is 0.123. The van der Waals surface area contributed by atoms with Gasteiger partial charge in [-0.2, -0.15) is 0 Å². The molecule has 10 nitrogen and oxygen atoms in total. The number of methoxy groups -OCH3 is 1. The normalized spacial score (nSPS) is 41.2. The van der Waals surface area contributed by atoms with Crippen molar-refractivity contribution in [2.75, 3.05) is 7.11 Å². The first kappa shape index (κ1) is 23.9. The largest absolute Gasteiger partial charge is 0.467 e. The molecule has 4 saturated carbocycles. The van der Waals surface area contributed by atoms with Gasteiger partial charge in [0.2, 0.25) is 0 Å². The van der Waals surface area contributed by atoms with Crippen molar-refractivity contribution < 1.29 is 47.6 Å². The second kappa shape index (κ2) is 9.58. The standard InChI is InChI=1S/C23H32O10/c1-10(24)29-18-19(30-11(2)25)21(31-12(3)26)23(33-20(18)22(27)28-4)32-17-15-6-13-5-14(8-15)9-16(17)7-13/h13-21,23H,5-9H2,1-4H3/t13?,14?,15?,16?,17?,18-,19-,20-,21+,23+/m0/s1. The Bertz CT molecular complexity index is 766. The lowest BCUT2D eigenvalue weighted by Crippen LogP contribution is -2.65. The van der Waals surface area contributed by atoms with Gasteiger partial charge in [-0.25, -0.2) is 4.79 Å². The molecule has 5 aliphatic rings. The summed E-state index contributed by atoms with van der Waals surface area (Å²) in [4.78, 5) is 48.2. The van der Waals surface area contributed by atoms with E-state index in [0.29, 0.717) is 23.7 Å². The Hall–Kier alpha value is -2.20. The predicted molar refractivity (Wildman–Crippen MR) is 109 cm³/mol. The molecule has 10 heteroatoms. The molecule has 1 heterocycles. The van der Waals surface area contributed by atoms with Crippen molar-refractivity contribution in [3.8, 4) is 0 Å². The third kappa shape index (κ3) is 5.01. The van der Waals surface area contributed by atoms with Crippen LogP contribution in [0.5, 0.6) is 0 Å². The Morgan fingerprint density at radius 2 is 1.15 bits per heavy atom. The molecule has 5 rings (SSSR count). The molecule has 0 radical (unpaired) electrons. The summed E-state index contributed by atoms with van der Waals surface area (Å²) in [6, 6.07) is 0. The fourth-order valence-corrected chi connectivity index (χ4v) is 6.44. The molecule has 0 aromatic carbocycles. The maximum atomic E-state index is 12.6. The van der Waals surface area contributed by atoms with E-state index in [1.54, 1.807) is 0 Å². The van der Waals surface area contributed by atoms with Crippen LogP contribution in [0.25, 0.3) is 0 Å². The molecule has 4 aliphatic carbocycles. The minimum Gasteiger partial charge on any atom is -0.467 e. The van der Waals surface area contributed by atoms with Crippen molar-refractivity contribution in [3.05, 3.63) is 0 Å². The molecule has 5 atom stereocenters. The van der Waals surface area contributed by atoms with Gasteiger partial charge in [0.25, 0.3) is 0 Å². The van der Waals surface area contributed by atoms with E-state index in [0.717, 1.165) is 32.6 Å². The number of carbonyl (C=O) groups excluding carboxylic acids is 4. The summed E-state index contributed by atoms with van der Waals surface area (Å²) in [7, 11) is 1.17. The van der Waals surface area contributed by atoms with E-state index in [9.17, 15) is 19.2 Å². The Labute approximate surface area is 192 Å². The molecule has 0 unspecified atom stereocenters. The monoisotopic (exact) mass is 468 g/mol. The number of ether oxygens (including phenoxy) is 6. The first-order chi connectivity index (χ1) is 15.7. The van der Waals surface area contributed by atoms with Crippen LogP contribution in [-0.4, -0.2) is 67.8 Å². The average molecular weight is 468 g/mol. The van der Waals surface area contributed by atoms with Gasteiger partial charge in [0, 0.05) is 20.8 Å². The summed E-state index contributed by atoms with van der Waals surface area (Å²) in [6.07, 6.45) is -1.07. The van der Waals surface area contributed by atoms with Gasteiger partial charge in [0.15, 0.2) is 30.7 Å². The van der Waals surface area contributed by atoms with Gasteiger partial charge in [-0.15, -0.1) is 0 Å². The van der Waals surface area contributed by atoms with E-state index in [1.807, 2.05) is 0 Å². The molecule has 0 amide bonds. The topological polar surface area (TPSA) is 124 Å². The van der Waals surface area contributed by atoms with Gasteiger partial charge >= 0.3 is 23.9 Å². The fraction of sp³-hybridized carbons (Fsp3) is 0.826. The van der Waals surface area contributed by atoms with Crippen LogP contribution in [0.3, 0.4) is 0 Å². The first-order valence-corrected chi connectivity index (χ1v) is 11.6. The van der Waals surface area contributed by atoms with E-state index in [1.165, 1.54) is 27.4 Å². The van der Waals surface area contributed by atoms with Crippen LogP contribution in [0.1, 0.15) is 52.9 Å². The first-order valence-electron chi connectivity index (χ1n) is 11.6. The molecular formula is C23H32O10. The van der Waals surface area contributed by atoms with Gasteiger partial charge in [-0.3, -0.25) is 14.4 Å². The smallest absolute Gasteiger partial charge is 0.339 e. The van der Waals surface area contributed by atoms with Crippen LogP contribution in [0, 0.1) is 23.7 Å². The Balaban J connectivity index is 1.64. The molecule has 1 saturated heterocycles. The van der Waals surface area contributed by atoms with E-state index < -0.39 is 54.6 Å². The van der Waals surface area contributed by atoms with E-state index in [4.69, 9.17) is 28.4 Å². The summed E-state index contributed by atoms with van der Waals surface area (Å²) in [6.45, 7) is 3.53. The highest BCUT2D eigenvalue weighted by molar-refractivity contribution is 5.77. The predicted octanol–water partition coefficient (Wildman–Crippen LogP) is 1.52. The Morgan fingerprint density at radius 3 is 1.64 bits per heavy atom. The zero-order valence-corrected chi connectivity index (χ0v) is 19.4. The minimum atomic E-state index is -1.42. The molecule has 0 spiro atoms. The maximum absolute atomic E-state index is 12.6. The van der Waals surface area contributed by atoms with E-state index in [-0.39, 0.29) is 6.10 Å². The average Bonchev–Trinajstić information content (AvgIpc) is 2.72. The Kier molecular flexibility index (Phi) is 6.95. The van der Waals surface area contributed by atoms with Crippen LogP contribution in [0.4, 0.5) is 0 Å². The van der Waals surface area contributed by atoms with Crippen LogP contribution < -0.4 is 0 Å². The summed E-state index contributed by atoms with van der Waals surface area (Å²) < 4.78 is 33.4. The molecule has 184 valence electrons. The highest BCUT2D eigenvalue weighted by Gasteiger charge is 2.57. The molecule has 1 aliphatic heterocycles. The van der Waals surface area contributed by atoms with Gasteiger partial charge in [-0.05, 0) is 55.8 Å². The molecule has 4 bridgehead atoms. The number of esters is 4. The maximum Gasteiger partial charge on any atom is 0.339 e. The molecule has 0 aromatic rings. The second-order valence-electron chi connectivity index (χ2n) is 9.70. The van der Waals surface area contributed by atoms with Crippen molar-refractivity contribution in [1.82, 2.24) is 0 Å². The van der Waals surface area contributed by atoms with Crippen molar-refractivity contribution >= 4 is 23.9 Å². The third-order valence-corrected chi connectivity index (χ3v) is 7.27. The van der Waals surface area contributed by atoms with Crippen molar-refractivity contribution in [2.24, 2.45) is 23.7 Å². The molecular weight excluding hydrogens is 436 g/mol. The lowest BCUT2D eigenvalue weighted by Gasteiger charge is -2.55. The highest BCUT2D eigenvalue weighted by atomic mass is 16.7. The number of hydrogen-bond acceptors (Lipinski definition) is 10. The molecule has 0 N–H and O–H groups in total. The van der Waals surface area contributed by atoms with Gasteiger partial charge in [0.05, 0.1) is 13.2 Å². The highest BCUT2D eigenvalue weighted by Crippen LogP contribution is 2.55. The number of carbonyl (C=O) groups is 4. The Morgan fingerprint density at radius 1 is 0.667 bits per heavy atom. The lowest BCUT2D eigenvalue weighted by molar-refractivity contribution is -0.324.